The number of nitrogens with one attached hydrogen (secondary N) is 2. The van der Waals surface area contributed by atoms with Gasteiger partial charge in [0.1, 0.15) is 11.5 Å². The summed E-state index contributed by atoms with van der Waals surface area (Å²) in [6.07, 6.45) is 0. The number of carbonyl (C=O) groups is 1. The van der Waals surface area contributed by atoms with Crippen molar-refractivity contribution in [2.24, 2.45) is 7.05 Å². The van der Waals surface area contributed by atoms with Crippen molar-refractivity contribution in [3.8, 4) is 0 Å². The van der Waals surface area contributed by atoms with E-state index in [1.54, 1.807) is 18.2 Å². The van der Waals surface area contributed by atoms with Crippen LogP contribution in [0.5, 0.6) is 0 Å². The molecule has 0 spiro atoms. The second kappa shape index (κ2) is 8.49. The van der Waals surface area contributed by atoms with Crippen LogP contribution in [0.1, 0.15) is 27.4 Å². The average molecular weight is 444 g/mol. The molecular formula is C21H19ClFN5OS. The van der Waals surface area contributed by atoms with Crippen LogP contribution in [-0.4, -0.2) is 25.7 Å². The van der Waals surface area contributed by atoms with Crippen LogP contribution >= 0.6 is 23.4 Å². The topological polar surface area (TPSA) is 75.6 Å². The minimum Gasteiger partial charge on any atom is -0.350 e. The quantitative estimate of drug-likeness (QED) is 0.426. The van der Waals surface area contributed by atoms with E-state index in [4.69, 9.17) is 11.6 Å². The fourth-order valence-corrected chi connectivity index (χ4v) is 4.18. The molecule has 0 fully saturated rings. The summed E-state index contributed by atoms with van der Waals surface area (Å²) >= 11 is 7.56. The summed E-state index contributed by atoms with van der Waals surface area (Å²) in [6, 6.07) is 11.8. The van der Waals surface area contributed by atoms with Crippen LogP contribution in [0.15, 0.2) is 47.6 Å². The van der Waals surface area contributed by atoms with Gasteiger partial charge in [-0.3, -0.25) is 4.79 Å². The molecule has 0 aliphatic rings. The molecule has 4 aromatic rings. The summed E-state index contributed by atoms with van der Waals surface area (Å²) in [5.74, 6) is 0.814. The summed E-state index contributed by atoms with van der Waals surface area (Å²) < 4.78 is 14.9. The van der Waals surface area contributed by atoms with Crippen molar-refractivity contribution in [3.05, 3.63) is 75.9 Å². The van der Waals surface area contributed by atoms with Gasteiger partial charge in [-0.25, -0.2) is 4.39 Å². The molecule has 0 aliphatic heterocycles. The first-order valence-electron chi connectivity index (χ1n) is 9.24. The number of thioether (sulfide) groups is 1. The predicted molar refractivity (Wildman–Crippen MR) is 116 cm³/mol. The molecule has 1 amide bonds. The Morgan fingerprint density at radius 1 is 1.23 bits per heavy atom. The molecule has 2 N–H and O–H groups in total. The van der Waals surface area contributed by atoms with Crippen LogP contribution in [0.25, 0.3) is 10.9 Å². The van der Waals surface area contributed by atoms with Gasteiger partial charge in [0.25, 0.3) is 5.91 Å². The van der Waals surface area contributed by atoms with Crippen LogP contribution in [0.4, 0.5) is 4.39 Å². The second-order valence-electron chi connectivity index (χ2n) is 6.87. The molecule has 4 rings (SSSR count). The Morgan fingerprint density at radius 3 is 2.77 bits per heavy atom. The van der Waals surface area contributed by atoms with Crippen molar-refractivity contribution in [2.75, 3.05) is 0 Å². The van der Waals surface area contributed by atoms with Crippen LogP contribution in [0, 0.1) is 12.7 Å². The first kappa shape index (κ1) is 20.4. The Morgan fingerprint density at radius 2 is 2.00 bits per heavy atom. The molecule has 2 aromatic heterocycles. The van der Waals surface area contributed by atoms with Gasteiger partial charge in [-0.15, -0.1) is 10.2 Å². The van der Waals surface area contributed by atoms with Gasteiger partial charge in [0.05, 0.1) is 6.54 Å². The number of hydrogen-bond acceptors (Lipinski definition) is 4. The van der Waals surface area contributed by atoms with Crippen molar-refractivity contribution < 1.29 is 9.18 Å². The van der Waals surface area contributed by atoms with Crippen molar-refractivity contribution in [1.29, 1.82) is 0 Å². The summed E-state index contributed by atoms with van der Waals surface area (Å²) in [7, 11) is 1.85. The summed E-state index contributed by atoms with van der Waals surface area (Å²) in [6.45, 7) is 2.13. The van der Waals surface area contributed by atoms with E-state index >= 15 is 0 Å². The van der Waals surface area contributed by atoms with Crippen molar-refractivity contribution in [3.63, 3.8) is 0 Å². The Labute approximate surface area is 181 Å². The van der Waals surface area contributed by atoms with Gasteiger partial charge in [-0.1, -0.05) is 35.5 Å². The maximum atomic E-state index is 13.0. The number of carbonyl (C=O) groups excluding carboxylic acids is 1. The van der Waals surface area contributed by atoms with E-state index in [2.05, 4.69) is 20.5 Å². The fourth-order valence-electron chi connectivity index (χ4n) is 3.13. The fraction of sp³-hybridized carbons (Fsp3) is 0.190. The number of benzene rings is 2. The molecule has 154 valence electrons. The number of fused-ring (bicyclic) bond motifs is 1. The van der Waals surface area contributed by atoms with Crippen LogP contribution in [0.3, 0.4) is 0 Å². The number of aromatic nitrogens is 4. The normalized spacial score (nSPS) is 11.2. The number of hydrogen-bond donors (Lipinski definition) is 2. The molecule has 0 saturated heterocycles. The lowest BCUT2D eigenvalue weighted by atomic mass is 10.1. The standard InChI is InChI=1S/C21H19ClFN5OS/c1-12-16-9-14(22)5-8-17(16)25-19(12)20(29)24-10-18-26-27-21(28(18)2)30-11-13-3-6-15(23)7-4-13/h3-9,25H,10-11H2,1-2H3,(H,24,29). The minimum absolute atomic E-state index is 0.219. The van der Waals surface area contributed by atoms with E-state index in [1.165, 1.54) is 23.9 Å². The first-order chi connectivity index (χ1) is 14.4. The van der Waals surface area contributed by atoms with Crippen molar-refractivity contribution in [1.82, 2.24) is 25.1 Å². The third-order valence-electron chi connectivity index (χ3n) is 4.86. The van der Waals surface area contributed by atoms with E-state index in [0.717, 1.165) is 27.2 Å². The lowest BCUT2D eigenvalue weighted by molar-refractivity contribution is 0.0944. The molecule has 2 heterocycles. The molecule has 0 radical (unpaired) electrons. The van der Waals surface area contributed by atoms with E-state index in [-0.39, 0.29) is 18.3 Å². The highest BCUT2D eigenvalue weighted by molar-refractivity contribution is 7.98. The lowest BCUT2D eigenvalue weighted by Gasteiger charge is -2.06. The molecule has 0 atom stereocenters. The van der Waals surface area contributed by atoms with E-state index in [9.17, 15) is 9.18 Å². The third-order valence-corrected chi connectivity index (χ3v) is 6.19. The Kier molecular flexibility index (Phi) is 5.78. The lowest BCUT2D eigenvalue weighted by Crippen LogP contribution is -2.25. The third kappa shape index (κ3) is 4.20. The average Bonchev–Trinajstić information content (AvgIpc) is 3.25. The Balaban J connectivity index is 1.41. The van der Waals surface area contributed by atoms with Gasteiger partial charge < -0.3 is 14.9 Å². The maximum Gasteiger partial charge on any atom is 0.268 e. The number of rotatable bonds is 6. The first-order valence-corrected chi connectivity index (χ1v) is 10.6. The zero-order valence-corrected chi connectivity index (χ0v) is 17.9. The van der Waals surface area contributed by atoms with Crippen LogP contribution in [0.2, 0.25) is 5.02 Å². The highest BCUT2D eigenvalue weighted by Crippen LogP contribution is 2.25. The molecule has 6 nitrogen and oxygen atoms in total. The van der Waals surface area contributed by atoms with Crippen molar-refractivity contribution in [2.45, 2.75) is 24.4 Å². The molecular weight excluding hydrogens is 425 g/mol. The van der Waals surface area contributed by atoms with Gasteiger partial charge in [0.2, 0.25) is 0 Å². The molecule has 30 heavy (non-hydrogen) atoms. The molecule has 0 saturated carbocycles. The van der Waals surface area contributed by atoms with Crippen LogP contribution in [-0.2, 0) is 19.3 Å². The zero-order chi connectivity index (χ0) is 21.3. The Bertz CT molecular complexity index is 1220. The SMILES string of the molecule is Cc1c(C(=O)NCc2nnc(SCc3ccc(F)cc3)n2C)[nH]c2ccc(Cl)cc12. The number of halogens is 2. The maximum absolute atomic E-state index is 13.0. The highest BCUT2D eigenvalue weighted by Gasteiger charge is 2.16. The smallest absolute Gasteiger partial charge is 0.268 e. The summed E-state index contributed by atoms with van der Waals surface area (Å²) in [5.41, 5.74) is 3.20. The number of aryl methyl sites for hydroxylation is 1. The number of aromatic amines is 1. The van der Waals surface area contributed by atoms with Gasteiger partial charge in [-0.2, -0.15) is 0 Å². The molecule has 0 unspecified atom stereocenters. The Hall–Kier alpha value is -2.84. The van der Waals surface area contributed by atoms with E-state index in [0.29, 0.717) is 22.3 Å². The van der Waals surface area contributed by atoms with Gasteiger partial charge in [-0.05, 0) is 48.4 Å². The largest absolute Gasteiger partial charge is 0.350 e. The molecule has 9 heteroatoms. The number of amides is 1. The van der Waals surface area contributed by atoms with Gasteiger partial charge in [0, 0.05) is 28.7 Å². The zero-order valence-electron chi connectivity index (χ0n) is 16.4. The van der Waals surface area contributed by atoms with E-state index < -0.39 is 0 Å². The highest BCUT2D eigenvalue weighted by atomic mass is 35.5. The van der Waals surface area contributed by atoms with Crippen molar-refractivity contribution >= 4 is 40.2 Å². The monoisotopic (exact) mass is 443 g/mol. The second-order valence-corrected chi connectivity index (χ2v) is 8.25. The predicted octanol–water partition coefficient (Wildman–Crippen LogP) is 4.62. The molecule has 0 bridgehead atoms. The van der Waals surface area contributed by atoms with Gasteiger partial charge >= 0.3 is 0 Å². The van der Waals surface area contributed by atoms with Gasteiger partial charge in [0.15, 0.2) is 11.0 Å². The minimum atomic E-state index is -0.256. The summed E-state index contributed by atoms with van der Waals surface area (Å²) in [4.78, 5) is 15.8. The number of H-pyrrole nitrogens is 1. The molecule has 2 aromatic carbocycles. The van der Waals surface area contributed by atoms with Crippen LogP contribution < -0.4 is 5.32 Å². The molecule has 0 aliphatic carbocycles. The van der Waals surface area contributed by atoms with E-state index in [1.807, 2.05) is 30.7 Å². The summed E-state index contributed by atoms with van der Waals surface area (Å²) in [5, 5.41) is 13.5. The number of nitrogens with zero attached hydrogens (tertiary/aromatic N) is 3.